The number of rotatable bonds is 11. The maximum atomic E-state index is 13.2. The Labute approximate surface area is 271 Å². The highest BCUT2D eigenvalue weighted by atomic mass is 16.3. The first-order valence-corrected chi connectivity index (χ1v) is 16.3. The number of hydrogen-bond donors (Lipinski definition) is 2. The summed E-state index contributed by atoms with van der Waals surface area (Å²) in [4.78, 5) is 62.3. The van der Waals surface area contributed by atoms with Gasteiger partial charge in [0.25, 0.3) is 5.91 Å². The number of imide groups is 1. The van der Waals surface area contributed by atoms with Gasteiger partial charge in [0.2, 0.25) is 5.91 Å². The number of aromatic nitrogens is 5. The van der Waals surface area contributed by atoms with Gasteiger partial charge in [0.05, 0.1) is 31.1 Å². The van der Waals surface area contributed by atoms with Crippen LogP contribution in [0.5, 0.6) is 0 Å². The van der Waals surface area contributed by atoms with E-state index in [1.54, 1.807) is 6.20 Å². The average Bonchev–Trinajstić information content (AvgIpc) is 3.94. The first-order chi connectivity index (χ1) is 22.7. The van der Waals surface area contributed by atoms with Crippen LogP contribution in [0.1, 0.15) is 78.3 Å². The number of urea groups is 1. The molecule has 1 aliphatic heterocycles. The third-order valence-electron chi connectivity index (χ3n) is 9.51. The van der Waals surface area contributed by atoms with Gasteiger partial charge in [-0.3, -0.25) is 19.4 Å². The van der Waals surface area contributed by atoms with E-state index in [2.05, 4.69) is 32.4 Å². The first kappa shape index (κ1) is 29.5. The van der Waals surface area contributed by atoms with Crippen LogP contribution in [-0.4, -0.2) is 78.9 Å². The lowest BCUT2D eigenvalue weighted by Gasteiger charge is -2.20. The lowest BCUT2D eigenvalue weighted by atomic mass is 10.1. The Morgan fingerprint density at radius 2 is 1.87 bits per heavy atom. The van der Waals surface area contributed by atoms with Gasteiger partial charge >= 0.3 is 6.03 Å². The molecule has 4 aromatic heterocycles. The summed E-state index contributed by atoms with van der Waals surface area (Å²) in [5.41, 5.74) is 5.88. The minimum Gasteiger partial charge on any atom is -0.395 e. The van der Waals surface area contributed by atoms with Crippen LogP contribution >= 0.6 is 0 Å². The van der Waals surface area contributed by atoms with Gasteiger partial charge in [0, 0.05) is 66.5 Å². The SMILES string of the molecule is Cc1ccnc(C2CC2C(=O)Nc2cc(N(C)Cc3cn4cc(C5CC5)cc(N5CC(=O)N(CCO)C5=O)c4n3)cc(C3CC3)n2)n1. The summed E-state index contributed by atoms with van der Waals surface area (Å²) < 4.78 is 1.95. The molecule has 2 N–H and O–H groups in total. The lowest BCUT2D eigenvalue weighted by molar-refractivity contribution is -0.125. The Morgan fingerprint density at radius 3 is 2.62 bits per heavy atom. The number of carbonyl (C=O) groups is 3. The number of anilines is 3. The van der Waals surface area contributed by atoms with Crippen molar-refractivity contribution in [3.05, 3.63) is 71.3 Å². The Morgan fingerprint density at radius 1 is 1.06 bits per heavy atom. The average molecular weight is 636 g/mol. The summed E-state index contributed by atoms with van der Waals surface area (Å²) in [5.74, 6) is 1.51. The van der Waals surface area contributed by atoms with E-state index >= 15 is 0 Å². The lowest BCUT2D eigenvalue weighted by Crippen LogP contribution is -2.35. The summed E-state index contributed by atoms with van der Waals surface area (Å²) >= 11 is 0. The van der Waals surface area contributed by atoms with Crippen LogP contribution in [-0.2, 0) is 16.1 Å². The summed E-state index contributed by atoms with van der Waals surface area (Å²) in [5, 5.41) is 12.4. The molecule has 0 radical (unpaired) electrons. The molecular weight excluding hydrogens is 598 g/mol. The molecule has 4 aromatic rings. The second-order valence-corrected chi connectivity index (χ2v) is 13.3. The third kappa shape index (κ3) is 5.79. The molecule has 2 atom stereocenters. The molecule has 2 unspecified atom stereocenters. The van der Waals surface area contributed by atoms with Gasteiger partial charge in [0.1, 0.15) is 18.2 Å². The second-order valence-electron chi connectivity index (χ2n) is 13.3. The van der Waals surface area contributed by atoms with Crippen molar-refractivity contribution in [2.24, 2.45) is 5.92 Å². The molecule has 4 aliphatic rings. The number of nitrogens with zero attached hydrogens (tertiary/aromatic N) is 8. The van der Waals surface area contributed by atoms with E-state index in [1.807, 2.05) is 42.8 Å². The predicted octanol–water partition coefficient (Wildman–Crippen LogP) is 3.72. The molecule has 47 heavy (non-hydrogen) atoms. The van der Waals surface area contributed by atoms with Crippen LogP contribution < -0.4 is 15.1 Å². The standard InChI is InChI=1S/C34H37N9O4/c1-19-7-8-35-31(36-19)25-14-26(25)33(46)39-29-13-24(12-27(38-29)21-5-6-21)40(2)16-23-17-41-15-22(20-3-4-20)11-28(32(41)37-23)43-18-30(45)42(9-10-44)34(43)47/h7-8,11-13,15,17,20-21,25-26,44H,3-6,9-10,14,16,18H2,1-2H3,(H,38,39,46). The third-order valence-corrected chi connectivity index (χ3v) is 9.51. The summed E-state index contributed by atoms with van der Waals surface area (Å²) in [6, 6.07) is 7.39. The van der Waals surface area contributed by atoms with Gasteiger partial charge < -0.3 is 19.7 Å². The van der Waals surface area contributed by atoms with E-state index < -0.39 is 6.03 Å². The van der Waals surface area contributed by atoms with Crippen LogP contribution in [0.3, 0.4) is 0 Å². The van der Waals surface area contributed by atoms with Crippen molar-refractivity contribution < 1.29 is 19.5 Å². The fourth-order valence-corrected chi connectivity index (χ4v) is 6.50. The molecule has 0 bridgehead atoms. The molecular formula is C34H37N9O4. The fraction of sp³-hybridized carbons (Fsp3) is 0.441. The minimum absolute atomic E-state index is 0.0238. The zero-order valence-electron chi connectivity index (χ0n) is 26.5. The van der Waals surface area contributed by atoms with E-state index in [-0.39, 0.29) is 43.3 Å². The Bertz CT molecular complexity index is 1920. The van der Waals surface area contributed by atoms with Gasteiger partial charge in [-0.15, -0.1) is 0 Å². The van der Waals surface area contributed by atoms with Crippen molar-refractivity contribution in [2.75, 3.05) is 41.9 Å². The highest BCUT2D eigenvalue weighted by Gasteiger charge is 2.46. The Hall–Kier alpha value is -4.91. The number of amides is 4. The Balaban J connectivity index is 1.04. The number of aryl methyl sites for hydroxylation is 1. The van der Waals surface area contributed by atoms with Crippen molar-refractivity contribution in [1.29, 1.82) is 0 Å². The van der Waals surface area contributed by atoms with Crippen molar-refractivity contribution in [2.45, 2.75) is 63.3 Å². The maximum absolute atomic E-state index is 13.2. The molecule has 3 saturated carbocycles. The predicted molar refractivity (Wildman–Crippen MR) is 173 cm³/mol. The largest absolute Gasteiger partial charge is 0.395 e. The first-order valence-electron chi connectivity index (χ1n) is 16.3. The van der Waals surface area contributed by atoms with Gasteiger partial charge in [-0.05, 0) is 68.7 Å². The van der Waals surface area contributed by atoms with Crippen molar-refractivity contribution >= 4 is 40.7 Å². The van der Waals surface area contributed by atoms with Gasteiger partial charge in [0.15, 0.2) is 5.65 Å². The summed E-state index contributed by atoms with van der Waals surface area (Å²) in [7, 11) is 1.99. The summed E-state index contributed by atoms with van der Waals surface area (Å²) in [6.07, 6.45) is 10.8. The smallest absolute Gasteiger partial charge is 0.331 e. The quantitative estimate of drug-likeness (QED) is 0.235. The number of β-amino-alcohol motifs (C(OH)–C–C–N with tert-alkyl or cyclic N) is 1. The zero-order chi connectivity index (χ0) is 32.4. The van der Waals surface area contributed by atoms with E-state index in [9.17, 15) is 19.5 Å². The van der Waals surface area contributed by atoms with E-state index in [0.29, 0.717) is 41.4 Å². The monoisotopic (exact) mass is 635 g/mol. The molecule has 1 saturated heterocycles. The number of nitrogens with one attached hydrogen (secondary N) is 1. The van der Waals surface area contributed by atoms with E-state index in [0.717, 1.165) is 65.3 Å². The topological polar surface area (TPSA) is 149 Å². The number of carbonyl (C=O) groups excluding carboxylic acids is 3. The second kappa shape index (κ2) is 11.4. The summed E-state index contributed by atoms with van der Waals surface area (Å²) in [6.45, 7) is 2.00. The Kier molecular flexibility index (Phi) is 7.16. The molecule has 4 amide bonds. The van der Waals surface area contributed by atoms with Crippen LogP contribution in [0, 0.1) is 12.8 Å². The van der Waals surface area contributed by atoms with Gasteiger partial charge in [-0.25, -0.2) is 24.7 Å². The van der Waals surface area contributed by atoms with Crippen LogP contribution in [0.15, 0.2) is 42.9 Å². The van der Waals surface area contributed by atoms with Gasteiger partial charge in [-0.1, -0.05) is 0 Å². The number of aliphatic hydroxyl groups excluding tert-OH is 1. The zero-order valence-corrected chi connectivity index (χ0v) is 26.5. The van der Waals surface area contributed by atoms with Crippen LogP contribution in [0.25, 0.3) is 5.65 Å². The van der Waals surface area contributed by atoms with E-state index in [4.69, 9.17) is 9.97 Å². The van der Waals surface area contributed by atoms with Crippen LogP contribution in [0.2, 0.25) is 0 Å². The molecule has 0 aromatic carbocycles. The van der Waals surface area contributed by atoms with Crippen molar-refractivity contribution in [3.63, 3.8) is 0 Å². The molecule has 0 spiro atoms. The highest BCUT2D eigenvalue weighted by molar-refractivity contribution is 6.13. The van der Waals surface area contributed by atoms with Crippen molar-refractivity contribution in [1.82, 2.24) is 29.2 Å². The molecule has 3 aliphatic carbocycles. The molecule has 5 heterocycles. The normalized spacial score (nSPS) is 20.7. The van der Waals surface area contributed by atoms with Gasteiger partial charge in [-0.2, -0.15) is 0 Å². The van der Waals surface area contributed by atoms with E-state index in [1.165, 1.54) is 4.90 Å². The number of fused-ring (bicyclic) bond motifs is 1. The molecule has 8 rings (SSSR count). The highest BCUT2D eigenvalue weighted by Crippen LogP contribution is 2.47. The molecule has 13 nitrogen and oxygen atoms in total. The number of aliphatic hydroxyl groups is 1. The maximum Gasteiger partial charge on any atom is 0.331 e. The fourth-order valence-electron chi connectivity index (χ4n) is 6.50. The number of imidazole rings is 1. The number of pyridine rings is 2. The van der Waals surface area contributed by atoms with Crippen LogP contribution in [0.4, 0.5) is 22.0 Å². The molecule has 4 fully saturated rings. The minimum atomic E-state index is -0.441. The molecule has 13 heteroatoms. The number of hydrogen-bond acceptors (Lipinski definition) is 9. The molecule has 242 valence electrons. The van der Waals surface area contributed by atoms with Crippen molar-refractivity contribution in [3.8, 4) is 0 Å².